The van der Waals surface area contributed by atoms with Gasteiger partial charge >= 0.3 is 0 Å². The van der Waals surface area contributed by atoms with Crippen molar-refractivity contribution in [2.75, 3.05) is 25.0 Å². The fourth-order valence-corrected chi connectivity index (χ4v) is 6.73. The van der Waals surface area contributed by atoms with Gasteiger partial charge in [0.05, 0.1) is 17.4 Å². The first-order chi connectivity index (χ1) is 17.4. The molecule has 3 aliphatic rings. The normalized spacial score (nSPS) is 30.6. The highest BCUT2D eigenvalue weighted by atomic mass is 16.5. The molecule has 3 amide bonds. The Hall–Kier alpha value is -2.97. The minimum absolute atomic E-state index is 0.0966. The van der Waals surface area contributed by atoms with Crippen molar-refractivity contribution in [2.45, 2.75) is 63.2 Å². The first kappa shape index (κ1) is 24.7. The molecule has 3 aliphatic heterocycles. The lowest BCUT2D eigenvalue weighted by Crippen LogP contribution is -2.53. The SMILES string of the molecule is CCCNC(=O)[C@@H]1[C@H]2C(=O)N(CCCO)C(C(=O)Nc3ccc4ccccc4c3)C23CC[C@@]1(CC)O3. The number of likely N-dealkylation sites (tertiary alicyclic amines) is 1. The second-order valence-corrected chi connectivity index (χ2v) is 10.3. The quantitative estimate of drug-likeness (QED) is 0.498. The number of aliphatic hydroxyl groups excluding tert-OH is 1. The molecular weight excluding hydrogens is 458 g/mol. The molecule has 0 aliphatic carbocycles. The maximum Gasteiger partial charge on any atom is 0.250 e. The number of hydrogen-bond acceptors (Lipinski definition) is 5. The van der Waals surface area contributed by atoms with Crippen LogP contribution in [0.5, 0.6) is 0 Å². The number of rotatable bonds is 9. The van der Waals surface area contributed by atoms with Gasteiger partial charge in [0.1, 0.15) is 11.6 Å². The fourth-order valence-electron chi connectivity index (χ4n) is 6.73. The van der Waals surface area contributed by atoms with E-state index < -0.39 is 29.1 Å². The highest BCUT2D eigenvalue weighted by molar-refractivity contribution is 6.04. The average Bonchev–Trinajstić information content (AvgIpc) is 3.49. The van der Waals surface area contributed by atoms with Crippen LogP contribution in [-0.4, -0.2) is 64.7 Å². The first-order valence-corrected chi connectivity index (χ1v) is 13.1. The van der Waals surface area contributed by atoms with E-state index in [2.05, 4.69) is 10.6 Å². The molecule has 3 fully saturated rings. The summed E-state index contributed by atoms with van der Waals surface area (Å²) in [4.78, 5) is 42.7. The van der Waals surface area contributed by atoms with E-state index in [4.69, 9.17) is 4.74 Å². The van der Waals surface area contributed by atoms with E-state index in [0.717, 1.165) is 17.2 Å². The Morgan fingerprint density at radius 1 is 1.11 bits per heavy atom. The number of anilines is 1. The second-order valence-electron chi connectivity index (χ2n) is 10.3. The van der Waals surface area contributed by atoms with Crippen LogP contribution in [0, 0.1) is 11.8 Å². The molecule has 3 heterocycles. The largest absolute Gasteiger partial charge is 0.396 e. The van der Waals surface area contributed by atoms with Crippen LogP contribution in [0.15, 0.2) is 42.5 Å². The summed E-state index contributed by atoms with van der Waals surface area (Å²) in [6.45, 7) is 4.64. The molecule has 5 rings (SSSR count). The molecule has 2 bridgehead atoms. The Bertz CT molecular complexity index is 1180. The molecule has 0 radical (unpaired) electrons. The number of carbonyl (C=O) groups is 3. The lowest BCUT2D eigenvalue weighted by molar-refractivity contribution is -0.146. The molecule has 192 valence electrons. The summed E-state index contributed by atoms with van der Waals surface area (Å²) in [5.41, 5.74) is -1.16. The first-order valence-electron chi connectivity index (χ1n) is 13.1. The third kappa shape index (κ3) is 3.69. The van der Waals surface area contributed by atoms with Crippen molar-refractivity contribution in [1.82, 2.24) is 10.2 Å². The summed E-state index contributed by atoms with van der Waals surface area (Å²) in [6, 6.07) is 12.8. The van der Waals surface area contributed by atoms with E-state index in [1.165, 1.54) is 0 Å². The van der Waals surface area contributed by atoms with Crippen LogP contribution in [0.2, 0.25) is 0 Å². The highest BCUT2D eigenvalue weighted by Gasteiger charge is 2.78. The minimum Gasteiger partial charge on any atom is -0.396 e. The molecule has 5 atom stereocenters. The summed E-state index contributed by atoms with van der Waals surface area (Å²) >= 11 is 0. The maximum atomic E-state index is 13.9. The van der Waals surface area contributed by atoms with Gasteiger partial charge in [-0.05, 0) is 55.0 Å². The van der Waals surface area contributed by atoms with Gasteiger partial charge in [0, 0.05) is 25.4 Å². The number of carbonyl (C=O) groups excluding carboxylic acids is 3. The van der Waals surface area contributed by atoms with Crippen LogP contribution in [0.25, 0.3) is 10.8 Å². The van der Waals surface area contributed by atoms with Crippen molar-refractivity contribution in [2.24, 2.45) is 11.8 Å². The lowest BCUT2D eigenvalue weighted by atomic mass is 9.65. The molecule has 0 saturated carbocycles. The Kier molecular flexibility index (Phi) is 6.51. The molecule has 2 aromatic rings. The smallest absolute Gasteiger partial charge is 0.250 e. The van der Waals surface area contributed by atoms with Gasteiger partial charge in [-0.15, -0.1) is 0 Å². The predicted octanol–water partition coefficient (Wildman–Crippen LogP) is 2.84. The van der Waals surface area contributed by atoms with Crippen LogP contribution < -0.4 is 10.6 Å². The second kappa shape index (κ2) is 9.48. The van der Waals surface area contributed by atoms with E-state index in [9.17, 15) is 19.5 Å². The van der Waals surface area contributed by atoms with E-state index >= 15 is 0 Å². The highest BCUT2D eigenvalue weighted by Crippen LogP contribution is 2.64. The van der Waals surface area contributed by atoms with Gasteiger partial charge in [0.25, 0.3) is 0 Å². The van der Waals surface area contributed by atoms with Crippen LogP contribution in [0.1, 0.15) is 46.0 Å². The fraction of sp³-hybridized carbons (Fsp3) is 0.536. The zero-order valence-corrected chi connectivity index (χ0v) is 21.0. The molecule has 2 aromatic carbocycles. The molecule has 2 unspecified atom stereocenters. The van der Waals surface area contributed by atoms with Gasteiger partial charge in [-0.3, -0.25) is 14.4 Å². The standard InChI is InChI=1S/C28H35N3O5/c1-3-14-29-24(33)21-22-26(35)31(15-7-16-32)23(28(22)13-12-27(21,4-2)36-28)25(34)30-20-11-10-18-8-5-6-9-19(18)17-20/h5-6,8-11,17,21-23,32H,3-4,7,12-16H2,1-2H3,(H,29,33)(H,30,34)/t21-,22-,23?,27+,28?/m0/s1. The molecule has 3 N–H and O–H groups in total. The van der Waals surface area contributed by atoms with Gasteiger partial charge in [0.15, 0.2) is 0 Å². The number of nitrogens with one attached hydrogen (secondary N) is 2. The summed E-state index contributed by atoms with van der Waals surface area (Å²) in [6.07, 6.45) is 2.91. The summed E-state index contributed by atoms with van der Waals surface area (Å²) < 4.78 is 6.71. The monoisotopic (exact) mass is 493 g/mol. The van der Waals surface area contributed by atoms with Crippen molar-refractivity contribution in [3.8, 4) is 0 Å². The Labute approximate surface area is 211 Å². The Morgan fingerprint density at radius 2 is 1.89 bits per heavy atom. The van der Waals surface area contributed by atoms with E-state index in [0.29, 0.717) is 37.9 Å². The third-order valence-corrected chi connectivity index (χ3v) is 8.34. The van der Waals surface area contributed by atoms with E-state index in [1.54, 1.807) is 4.90 Å². The Balaban J connectivity index is 1.51. The van der Waals surface area contributed by atoms with Crippen LogP contribution >= 0.6 is 0 Å². The van der Waals surface area contributed by atoms with Crippen molar-refractivity contribution < 1.29 is 24.2 Å². The molecule has 3 saturated heterocycles. The summed E-state index contributed by atoms with van der Waals surface area (Å²) in [7, 11) is 0. The van der Waals surface area contributed by atoms with Crippen molar-refractivity contribution in [3.63, 3.8) is 0 Å². The topological polar surface area (TPSA) is 108 Å². The summed E-state index contributed by atoms with van der Waals surface area (Å²) in [5, 5.41) is 17.6. The lowest BCUT2D eigenvalue weighted by Gasteiger charge is -2.34. The van der Waals surface area contributed by atoms with Crippen LogP contribution in [0.4, 0.5) is 5.69 Å². The van der Waals surface area contributed by atoms with Gasteiger partial charge in [0.2, 0.25) is 17.7 Å². The number of aliphatic hydroxyl groups is 1. The number of amides is 3. The predicted molar refractivity (Wildman–Crippen MR) is 136 cm³/mol. The van der Waals surface area contributed by atoms with E-state index in [1.807, 2.05) is 56.3 Å². The number of nitrogens with zero attached hydrogens (tertiary/aromatic N) is 1. The maximum absolute atomic E-state index is 13.9. The average molecular weight is 494 g/mol. The molecule has 1 spiro atoms. The Morgan fingerprint density at radius 3 is 2.61 bits per heavy atom. The molecule has 0 aromatic heterocycles. The van der Waals surface area contributed by atoms with Crippen molar-refractivity contribution >= 4 is 34.2 Å². The van der Waals surface area contributed by atoms with Gasteiger partial charge < -0.3 is 25.4 Å². The van der Waals surface area contributed by atoms with Gasteiger partial charge in [-0.2, -0.15) is 0 Å². The zero-order chi connectivity index (χ0) is 25.5. The molecular formula is C28H35N3O5. The number of benzene rings is 2. The number of fused-ring (bicyclic) bond motifs is 2. The van der Waals surface area contributed by atoms with Crippen molar-refractivity contribution in [1.29, 1.82) is 0 Å². The number of hydrogen-bond donors (Lipinski definition) is 3. The summed E-state index contributed by atoms with van der Waals surface area (Å²) in [5.74, 6) is -2.06. The zero-order valence-electron chi connectivity index (χ0n) is 21.0. The van der Waals surface area contributed by atoms with Gasteiger partial charge in [-0.1, -0.05) is 44.2 Å². The molecule has 8 nitrogen and oxygen atoms in total. The van der Waals surface area contributed by atoms with Crippen LogP contribution in [-0.2, 0) is 19.1 Å². The molecule has 36 heavy (non-hydrogen) atoms. The van der Waals surface area contributed by atoms with Gasteiger partial charge in [-0.25, -0.2) is 0 Å². The third-order valence-electron chi connectivity index (χ3n) is 8.34. The molecule has 8 heteroatoms. The van der Waals surface area contributed by atoms with Crippen LogP contribution in [0.3, 0.4) is 0 Å². The number of ether oxygens (including phenoxy) is 1. The van der Waals surface area contributed by atoms with E-state index in [-0.39, 0.29) is 30.9 Å². The van der Waals surface area contributed by atoms with Crippen molar-refractivity contribution in [3.05, 3.63) is 42.5 Å². The minimum atomic E-state index is -1.06.